The maximum Gasteiger partial charge on any atom is 0.254 e. The van der Waals surface area contributed by atoms with Gasteiger partial charge in [0, 0.05) is 17.6 Å². The first-order valence-corrected chi connectivity index (χ1v) is 8.94. The van der Waals surface area contributed by atoms with E-state index in [0.717, 1.165) is 12.1 Å². The van der Waals surface area contributed by atoms with Crippen LogP contribution in [0.2, 0.25) is 0 Å². The van der Waals surface area contributed by atoms with Crippen LogP contribution in [0.3, 0.4) is 0 Å². The zero-order valence-corrected chi connectivity index (χ0v) is 15.0. The van der Waals surface area contributed by atoms with E-state index in [1.165, 1.54) is 43.6 Å². The molecule has 1 amide bonds. The van der Waals surface area contributed by atoms with Crippen molar-refractivity contribution in [1.82, 2.24) is 10.2 Å². The van der Waals surface area contributed by atoms with Gasteiger partial charge in [-0.2, -0.15) is 0 Å². The van der Waals surface area contributed by atoms with Crippen LogP contribution in [0.4, 0.5) is 4.39 Å². The molecule has 1 heterocycles. The van der Waals surface area contributed by atoms with Gasteiger partial charge in [-0.3, -0.25) is 9.69 Å². The van der Waals surface area contributed by atoms with Crippen LogP contribution in [0.15, 0.2) is 46.9 Å². The summed E-state index contributed by atoms with van der Waals surface area (Å²) in [6, 6.07) is 12.6. The average Bonchev–Trinajstić information content (AvgIpc) is 3.09. The van der Waals surface area contributed by atoms with Crippen molar-refractivity contribution >= 4 is 21.8 Å². The first kappa shape index (κ1) is 17.1. The van der Waals surface area contributed by atoms with Gasteiger partial charge in [0.1, 0.15) is 5.82 Å². The van der Waals surface area contributed by atoms with E-state index in [2.05, 4.69) is 38.3 Å². The molecule has 3 rings (SSSR count). The van der Waals surface area contributed by atoms with Gasteiger partial charge in [0.15, 0.2) is 0 Å². The molecule has 3 nitrogen and oxygen atoms in total. The predicted octanol–water partition coefficient (Wildman–Crippen LogP) is 4.11. The highest BCUT2D eigenvalue weighted by Gasteiger charge is 2.13. The lowest BCUT2D eigenvalue weighted by atomic mass is 10.1. The minimum absolute atomic E-state index is 0.0510. The number of nitrogens with one attached hydrogen (secondary N) is 1. The topological polar surface area (TPSA) is 32.3 Å². The maximum atomic E-state index is 13.7. The molecule has 126 valence electrons. The molecule has 2 aromatic carbocycles. The highest BCUT2D eigenvalue weighted by molar-refractivity contribution is 9.10. The molecular weight excluding hydrogens is 371 g/mol. The standard InChI is InChI=1S/C19H20BrFN2O/c20-16-7-8-18(21)17(11-16)19(24)22-12-14-3-5-15(6-4-14)13-23-9-1-2-10-23/h3-8,11H,1-2,9-10,12-13H2,(H,22,24). The molecule has 0 radical (unpaired) electrons. The second-order valence-corrected chi connectivity index (χ2v) is 7.02. The Hall–Kier alpha value is -1.72. The van der Waals surface area contributed by atoms with Crippen LogP contribution >= 0.6 is 15.9 Å². The van der Waals surface area contributed by atoms with E-state index >= 15 is 0 Å². The number of benzene rings is 2. The van der Waals surface area contributed by atoms with Crippen LogP contribution < -0.4 is 5.32 Å². The Morgan fingerprint density at radius 2 is 1.75 bits per heavy atom. The Morgan fingerprint density at radius 1 is 1.08 bits per heavy atom. The Morgan fingerprint density at radius 3 is 2.46 bits per heavy atom. The zero-order chi connectivity index (χ0) is 16.9. The van der Waals surface area contributed by atoms with Gasteiger partial charge in [0.05, 0.1) is 5.56 Å². The number of halogens is 2. The van der Waals surface area contributed by atoms with Crippen LogP contribution in [0, 0.1) is 5.82 Å². The summed E-state index contributed by atoms with van der Waals surface area (Å²) in [5.74, 6) is -0.924. The van der Waals surface area contributed by atoms with Gasteiger partial charge in [-0.15, -0.1) is 0 Å². The molecule has 0 aromatic heterocycles. The number of nitrogens with zero attached hydrogens (tertiary/aromatic N) is 1. The molecule has 1 saturated heterocycles. The zero-order valence-electron chi connectivity index (χ0n) is 13.4. The van der Waals surface area contributed by atoms with Crippen LogP contribution in [0.1, 0.15) is 34.3 Å². The van der Waals surface area contributed by atoms with Crippen molar-refractivity contribution in [3.8, 4) is 0 Å². The Labute approximate surface area is 150 Å². The number of carbonyl (C=O) groups excluding carboxylic acids is 1. The summed E-state index contributed by atoms with van der Waals surface area (Å²) in [6.07, 6.45) is 2.58. The predicted molar refractivity (Wildman–Crippen MR) is 96.2 cm³/mol. The molecule has 2 aromatic rings. The van der Waals surface area contributed by atoms with Gasteiger partial charge < -0.3 is 5.32 Å². The third kappa shape index (κ3) is 4.42. The van der Waals surface area contributed by atoms with Crippen LogP contribution in [0.5, 0.6) is 0 Å². The molecule has 0 unspecified atom stereocenters. The minimum atomic E-state index is -0.517. The van der Waals surface area contributed by atoms with Crippen LogP contribution in [-0.2, 0) is 13.1 Å². The average molecular weight is 391 g/mol. The maximum absolute atomic E-state index is 13.7. The normalized spacial score (nSPS) is 14.8. The summed E-state index contributed by atoms with van der Waals surface area (Å²) < 4.78 is 14.4. The van der Waals surface area contributed by atoms with E-state index in [1.54, 1.807) is 6.07 Å². The first-order chi connectivity index (χ1) is 11.6. The Kier molecular flexibility index (Phi) is 5.63. The minimum Gasteiger partial charge on any atom is -0.348 e. The van der Waals surface area contributed by atoms with Crippen molar-refractivity contribution in [3.63, 3.8) is 0 Å². The number of amides is 1. The van der Waals surface area contributed by atoms with Crippen LogP contribution in [-0.4, -0.2) is 23.9 Å². The first-order valence-electron chi connectivity index (χ1n) is 8.15. The fraction of sp³-hybridized carbons (Fsp3) is 0.316. The number of hydrogen-bond donors (Lipinski definition) is 1. The van der Waals surface area contributed by atoms with Gasteiger partial charge in [0.25, 0.3) is 5.91 Å². The van der Waals surface area contributed by atoms with Gasteiger partial charge in [0.2, 0.25) is 0 Å². The molecule has 5 heteroatoms. The van der Waals surface area contributed by atoms with Crippen molar-refractivity contribution in [1.29, 1.82) is 0 Å². The molecule has 1 aliphatic rings. The molecule has 0 bridgehead atoms. The molecule has 1 fully saturated rings. The smallest absolute Gasteiger partial charge is 0.254 e. The lowest BCUT2D eigenvalue weighted by Gasteiger charge is -2.14. The van der Waals surface area contributed by atoms with Crippen molar-refractivity contribution in [2.24, 2.45) is 0 Å². The van der Waals surface area contributed by atoms with E-state index in [-0.39, 0.29) is 5.56 Å². The molecule has 1 N–H and O–H groups in total. The van der Waals surface area contributed by atoms with Crippen LogP contribution in [0.25, 0.3) is 0 Å². The fourth-order valence-corrected chi connectivity index (χ4v) is 3.27. The number of hydrogen-bond acceptors (Lipinski definition) is 2. The molecule has 0 aliphatic carbocycles. The van der Waals surface area contributed by atoms with Crippen molar-refractivity contribution in [3.05, 3.63) is 69.4 Å². The van der Waals surface area contributed by atoms with Gasteiger partial charge in [-0.05, 0) is 55.3 Å². The summed E-state index contributed by atoms with van der Waals surface area (Å²) >= 11 is 3.25. The molecule has 1 aliphatic heterocycles. The molecule has 0 spiro atoms. The van der Waals surface area contributed by atoms with E-state index < -0.39 is 11.7 Å². The van der Waals surface area contributed by atoms with E-state index in [4.69, 9.17) is 0 Å². The van der Waals surface area contributed by atoms with E-state index in [0.29, 0.717) is 11.0 Å². The van der Waals surface area contributed by atoms with Crippen molar-refractivity contribution in [2.75, 3.05) is 13.1 Å². The van der Waals surface area contributed by atoms with Gasteiger partial charge in [-0.25, -0.2) is 4.39 Å². The summed E-state index contributed by atoms with van der Waals surface area (Å²) in [6.45, 7) is 3.72. The third-order valence-corrected chi connectivity index (χ3v) is 4.75. The second kappa shape index (κ2) is 7.90. The highest BCUT2D eigenvalue weighted by atomic mass is 79.9. The Bertz CT molecular complexity index is 712. The summed E-state index contributed by atoms with van der Waals surface area (Å²) in [5, 5.41) is 2.77. The SMILES string of the molecule is O=C(NCc1ccc(CN2CCCC2)cc1)c1cc(Br)ccc1F. The quantitative estimate of drug-likeness (QED) is 0.832. The number of likely N-dealkylation sites (tertiary alicyclic amines) is 1. The second-order valence-electron chi connectivity index (χ2n) is 6.11. The third-order valence-electron chi connectivity index (χ3n) is 4.25. The number of carbonyl (C=O) groups is 1. The van der Waals surface area contributed by atoms with E-state index in [9.17, 15) is 9.18 Å². The largest absolute Gasteiger partial charge is 0.348 e. The monoisotopic (exact) mass is 390 g/mol. The number of rotatable bonds is 5. The fourth-order valence-electron chi connectivity index (χ4n) is 2.91. The lowest BCUT2D eigenvalue weighted by Crippen LogP contribution is -2.24. The summed E-state index contributed by atoms with van der Waals surface area (Å²) in [5.41, 5.74) is 2.34. The summed E-state index contributed by atoms with van der Waals surface area (Å²) in [7, 11) is 0. The molecular formula is C19H20BrFN2O. The Balaban J connectivity index is 1.56. The molecule has 0 atom stereocenters. The molecule has 0 saturated carbocycles. The summed E-state index contributed by atoms with van der Waals surface area (Å²) in [4.78, 5) is 14.6. The highest BCUT2D eigenvalue weighted by Crippen LogP contribution is 2.16. The van der Waals surface area contributed by atoms with E-state index in [1.807, 2.05) is 12.1 Å². The van der Waals surface area contributed by atoms with Crippen molar-refractivity contribution < 1.29 is 9.18 Å². The molecule has 24 heavy (non-hydrogen) atoms. The van der Waals surface area contributed by atoms with Gasteiger partial charge in [-0.1, -0.05) is 40.2 Å². The lowest BCUT2D eigenvalue weighted by molar-refractivity contribution is 0.0947. The van der Waals surface area contributed by atoms with Crippen molar-refractivity contribution in [2.45, 2.75) is 25.9 Å². The van der Waals surface area contributed by atoms with Gasteiger partial charge >= 0.3 is 0 Å².